The molecule has 0 amide bonds. The molecule has 0 aliphatic rings. The predicted octanol–water partition coefficient (Wildman–Crippen LogP) is 12.9. The van der Waals surface area contributed by atoms with E-state index in [4.69, 9.17) is 0 Å². The van der Waals surface area contributed by atoms with Crippen molar-refractivity contribution in [3.05, 3.63) is 115 Å². The van der Waals surface area contributed by atoms with E-state index in [1.54, 1.807) is 6.92 Å². The largest absolute Gasteiger partial charge is 0.507 e. The van der Waals surface area contributed by atoms with Crippen molar-refractivity contribution in [3.63, 3.8) is 0 Å². The van der Waals surface area contributed by atoms with Crippen molar-refractivity contribution >= 4 is 5.97 Å². The summed E-state index contributed by atoms with van der Waals surface area (Å²) < 4.78 is 0. The second kappa shape index (κ2) is 15.2. The van der Waals surface area contributed by atoms with Gasteiger partial charge in [0, 0.05) is 12.8 Å². The summed E-state index contributed by atoms with van der Waals surface area (Å²) in [5.74, 6) is -0.273. The molecule has 4 aromatic rings. The molecule has 322 valence electrons. The average molecular weight is 807 g/mol. The highest BCUT2D eigenvalue weighted by Crippen LogP contribution is 2.47. The number of phenolic OH excluding ortho intramolecular Hbond substituents is 4. The first-order chi connectivity index (χ1) is 26.4. The zero-order valence-corrected chi connectivity index (χ0v) is 39.7. The first-order valence-electron chi connectivity index (χ1n) is 21.1. The number of benzene rings is 4. The van der Waals surface area contributed by atoms with E-state index in [-0.39, 0.29) is 44.7 Å². The standard InChI is InChI=1S/C53H74O6/c1-47(2,3)36-22-30(23-37(44(36)56)48(4,5)6)20-32-26-34(28-40(42(32)54)51(13,14)15)53(19,46(58)59)35-27-33(43(55)41(29-35)52(16,17)18)21-31-24-38(49(7,8)9)45(57)39(25-31)50(10,11)12/h22-29,54-57H,20-21H2,1-19H3,(H,58,59). The fourth-order valence-electron chi connectivity index (χ4n) is 8.11. The van der Waals surface area contributed by atoms with Gasteiger partial charge in [-0.15, -0.1) is 0 Å². The third-order valence-electron chi connectivity index (χ3n) is 11.9. The molecule has 0 radical (unpaired) electrons. The van der Waals surface area contributed by atoms with Gasteiger partial charge >= 0.3 is 5.97 Å². The number of hydrogen-bond donors (Lipinski definition) is 5. The van der Waals surface area contributed by atoms with Gasteiger partial charge in [-0.1, -0.05) is 173 Å². The molecule has 6 nitrogen and oxygen atoms in total. The molecule has 0 aromatic heterocycles. The van der Waals surface area contributed by atoms with Crippen molar-refractivity contribution in [3.8, 4) is 23.0 Å². The number of carboxylic acids is 1. The number of aliphatic carboxylic acids is 1. The molecule has 0 unspecified atom stereocenters. The molecule has 59 heavy (non-hydrogen) atoms. The second-order valence-corrected chi connectivity index (χ2v) is 23.4. The molecular weight excluding hydrogens is 733 g/mol. The van der Waals surface area contributed by atoms with Crippen LogP contribution in [-0.4, -0.2) is 31.5 Å². The molecule has 0 atom stereocenters. The van der Waals surface area contributed by atoms with Gasteiger partial charge in [0.25, 0.3) is 0 Å². The van der Waals surface area contributed by atoms with Crippen LogP contribution in [-0.2, 0) is 55.5 Å². The maximum atomic E-state index is 14.0. The van der Waals surface area contributed by atoms with Crippen molar-refractivity contribution < 1.29 is 30.3 Å². The molecule has 0 fully saturated rings. The van der Waals surface area contributed by atoms with Crippen LogP contribution in [0, 0.1) is 0 Å². The highest BCUT2D eigenvalue weighted by atomic mass is 16.4. The fourth-order valence-corrected chi connectivity index (χ4v) is 8.11. The minimum Gasteiger partial charge on any atom is -0.507 e. The van der Waals surface area contributed by atoms with Crippen molar-refractivity contribution in [2.45, 2.75) is 182 Å². The van der Waals surface area contributed by atoms with E-state index in [0.29, 0.717) is 46.2 Å². The summed E-state index contributed by atoms with van der Waals surface area (Å²) in [6.07, 6.45) is 0.623. The number of aromatic hydroxyl groups is 4. The van der Waals surface area contributed by atoms with Gasteiger partial charge in [0.05, 0.1) is 0 Å². The number of carbonyl (C=O) groups is 1. The molecule has 4 rings (SSSR count). The van der Waals surface area contributed by atoms with Crippen LogP contribution in [0.1, 0.15) is 198 Å². The maximum absolute atomic E-state index is 14.0. The zero-order valence-electron chi connectivity index (χ0n) is 39.7. The summed E-state index contributed by atoms with van der Waals surface area (Å²) in [5.41, 5.74) is 4.43. The molecule has 0 heterocycles. The Morgan fingerprint density at radius 2 is 0.593 bits per heavy atom. The summed E-state index contributed by atoms with van der Waals surface area (Å²) in [7, 11) is 0. The fraction of sp³-hybridized carbons (Fsp3) is 0.528. The van der Waals surface area contributed by atoms with Gasteiger partial charge in [0.1, 0.15) is 28.4 Å². The zero-order chi connectivity index (χ0) is 45.4. The smallest absolute Gasteiger partial charge is 0.318 e. The Labute approximate surface area is 355 Å². The van der Waals surface area contributed by atoms with Crippen molar-refractivity contribution in [2.75, 3.05) is 0 Å². The van der Waals surface area contributed by atoms with Gasteiger partial charge in [0.2, 0.25) is 0 Å². The maximum Gasteiger partial charge on any atom is 0.318 e. The van der Waals surface area contributed by atoms with Crippen molar-refractivity contribution in [2.24, 2.45) is 0 Å². The lowest BCUT2D eigenvalue weighted by Gasteiger charge is -2.33. The Hall–Kier alpha value is -4.45. The van der Waals surface area contributed by atoms with E-state index in [0.717, 1.165) is 33.4 Å². The first-order valence-corrected chi connectivity index (χ1v) is 21.1. The van der Waals surface area contributed by atoms with E-state index < -0.39 is 22.2 Å². The van der Waals surface area contributed by atoms with Crippen LogP contribution in [0.15, 0.2) is 48.5 Å². The van der Waals surface area contributed by atoms with Gasteiger partial charge in [-0.25, -0.2) is 0 Å². The minimum atomic E-state index is -1.60. The number of hydrogen-bond acceptors (Lipinski definition) is 5. The Morgan fingerprint density at radius 3 is 0.797 bits per heavy atom. The van der Waals surface area contributed by atoms with E-state index in [1.807, 2.05) is 90.1 Å². The summed E-state index contributed by atoms with van der Waals surface area (Å²) in [4.78, 5) is 14.0. The lowest BCUT2D eigenvalue weighted by molar-refractivity contribution is -0.141. The van der Waals surface area contributed by atoms with E-state index in [9.17, 15) is 30.3 Å². The summed E-state index contributed by atoms with van der Waals surface area (Å²) in [6.45, 7) is 38.6. The van der Waals surface area contributed by atoms with Crippen molar-refractivity contribution in [1.82, 2.24) is 0 Å². The topological polar surface area (TPSA) is 118 Å². The normalized spacial score (nSPS) is 13.5. The average Bonchev–Trinajstić information content (AvgIpc) is 3.04. The van der Waals surface area contributed by atoms with Gasteiger partial charge < -0.3 is 25.5 Å². The Kier molecular flexibility index (Phi) is 12.2. The second-order valence-electron chi connectivity index (χ2n) is 23.4. The van der Waals surface area contributed by atoms with Gasteiger partial charge in [-0.2, -0.15) is 0 Å². The lowest BCUT2D eigenvalue weighted by Crippen LogP contribution is -2.35. The number of rotatable bonds is 7. The molecule has 0 aliphatic carbocycles. The molecule has 5 N–H and O–H groups in total. The monoisotopic (exact) mass is 807 g/mol. The van der Waals surface area contributed by atoms with Crippen LogP contribution in [0.4, 0.5) is 0 Å². The molecule has 0 spiro atoms. The highest BCUT2D eigenvalue weighted by Gasteiger charge is 2.41. The number of phenols is 4. The Morgan fingerprint density at radius 1 is 0.373 bits per heavy atom. The van der Waals surface area contributed by atoms with Gasteiger partial charge in [-0.3, -0.25) is 4.79 Å². The molecule has 0 aliphatic heterocycles. The minimum absolute atomic E-state index is 0.120. The van der Waals surface area contributed by atoms with Crippen LogP contribution < -0.4 is 0 Å². The molecule has 6 heteroatoms. The molecule has 0 saturated heterocycles. The summed E-state index contributed by atoms with van der Waals surface area (Å²) in [5, 5.41) is 58.4. The molecule has 0 bridgehead atoms. The first kappa shape index (κ1) is 47.2. The van der Waals surface area contributed by atoms with Crippen LogP contribution in [0.3, 0.4) is 0 Å². The van der Waals surface area contributed by atoms with Crippen LogP contribution in [0.25, 0.3) is 0 Å². The summed E-state index contributed by atoms with van der Waals surface area (Å²) in [6, 6.07) is 15.3. The third-order valence-corrected chi connectivity index (χ3v) is 11.9. The Balaban J connectivity index is 2.07. The van der Waals surface area contributed by atoms with Gasteiger partial charge in [0.15, 0.2) is 0 Å². The van der Waals surface area contributed by atoms with Gasteiger partial charge in [-0.05, 0) is 106 Å². The SMILES string of the molecule is CC(C)(C)c1cc(C(C)(C(=O)O)c2cc(Cc3cc(C(C)(C)C)c(O)c(C(C)(C)C)c3)c(O)c(C(C)(C)C)c2)cc(Cc2cc(C(C)(C)C)c(O)c(C(C)(C)C)c2)c1O. The molecular formula is C53H74O6. The number of carboxylic acid groups (broad SMARTS) is 1. The molecule has 4 aromatic carbocycles. The van der Waals surface area contributed by atoms with Crippen LogP contribution >= 0.6 is 0 Å². The highest BCUT2D eigenvalue weighted by molar-refractivity contribution is 5.86. The van der Waals surface area contributed by atoms with E-state index in [1.165, 1.54) is 0 Å². The lowest BCUT2D eigenvalue weighted by atomic mass is 9.70. The van der Waals surface area contributed by atoms with Crippen LogP contribution in [0.5, 0.6) is 23.0 Å². The van der Waals surface area contributed by atoms with E-state index >= 15 is 0 Å². The quantitative estimate of drug-likeness (QED) is 0.127. The van der Waals surface area contributed by atoms with E-state index in [2.05, 4.69) is 83.1 Å². The predicted molar refractivity (Wildman–Crippen MR) is 244 cm³/mol. The molecule has 0 saturated carbocycles. The third kappa shape index (κ3) is 9.63. The van der Waals surface area contributed by atoms with Crippen molar-refractivity contribution in [1.29, 1.82) is 0 Å². The van der Waals surface area contributed by atoms with Crippen LogP contribution in [0.2, 0.25) is 0 Å². The summed E-state index contributed by atoms with van der Waals surface area (Å²) >= 11 is 0. The Bertz CT molecular complexity index is 2030.